The molecule has 0 saturated carbocycles. The highest BCUT2D eigenvalue weighted by Gasteiger charge is 1.98. The third-order valence-electron chi connectivity index (χ3n) is 1.77. The number of halogens is 1. The Kier molecular flexibility index (Phi) is 3.41. The third kappa shape index (κ3) is 3.10. The van der Waals surface area contributed by atoms with Crippen LogP contribution in [0.3, 0.4) is 0 Å². The van der Waals surface area contributed by atoms with E-state index in [2.05, 4.69) is 40.9 Å². The zero-order chi connectivity index (χ0) is 10.5. The van der Waals surface area contributed by atoms with E-state index in [9.17, 15) is 0 Å². The van der Waals surface area contributed by atoms with Gasteiger partial charge in [-0.25, -0.2) is 4.98 Å². The van der Waals surface area contributed by atoms with Gasteiger partial charge in [0.15, 0.2) is 5.82 Å². The molecule has 0 fully saturated rings. The number of hydrogen-bond acceptors (Lipinski definition) is 5. The predicted molar refractivity (Wildman–Crippen MR) is 56.8 cm³/mol. The summed E-state index contributed by atoms with van der Waals surface area (Å²) >= 11 is 3.31. The molecule has 0 aliphatic carbocycles. The van der Waals surface area contributed by atoms with Crippen LogP contribution in [0, 0.1) is 0 Å². The fourth-order valence-electron chi connectivity index (χ4n) is 1.12. The molecule has 0 radical (unpaired) electrons. The summed E-state index contributed by atoms with van der Waals surface area (Å²) in [5, 5.41) is 6.85. The fourth-order valence-corrected chi connectivity index (χ4v) is 1.50. The SMILES string of the molecule is Brc1cccc(CNCc2ncon2)n1. The second-order valence-electron chi connectivity index (χ2n) is 2.90. The lowest BCUT2D eigenvalue weighted by atomic mass is 10.3. The van der Waals surface area contributed by atoms with Gasteiger partial charge in [-0.15, -0.1) is 0 Å². The molecule has 0 aromatic carbocycles. The third-order valence-corrected chi connectivity index (χ3v) is 2.21. The van der Waals surface area contributed by atoms with Gasteiger partial charge in [-0.05, 0) is 28.1 Å². The molecule has 2 heterocycles. The molecule has 2 rings (SSSR count). The zero-order valence-electron chi connectivity index (χ0n) is 7.85. The van der Waals surface area contributed by atoms with E-state index >= 15 is 0 Å². The number of rotatable bonds is 4. The Morgan fingerprint density at radius 3 is 3.00 bits per heavy atom. The Morgan fingerprint density at radius 2 is 2.27 bits per heavy atom. The Morgan fingerprint density at radius 1 is 1.33 bits per heavy atom. The summed E-state index contributed by atoms with van der Waals surface area (Å²) in [7, 11) is 0. The molecule has 6 heteroatoms. The van der Waals surface area contributed by atoms with Gasteiger partial charge in [0, 0.05) is 6.54 Å². The Labute approximate surface area is 95.0 Å². The molecule has 0 bridgehead atoms. The zero-order valence-corrected chi connectivity index (χ0v) is 9.44. The van der Waals surface area contributed by atoms with Crippen molar-refractivity contribution in [2.45, 2.75) is 13.1 Å². The topological polar surface area (TPSA) is 63.8 Å². The molecule has 0 unspecified atom stereocenters. The highest BCUT2D eigenvalue weighted by Crippen LogP contribution is 2.05. The monoisotopic (exact) mass is 268 g/mol. The van der Waals surface area contributed by atoms with E-state index in [1.165, 1.54) is 6.39 Å². The molecule has 5 nitrogen and oxygen atoms in total. The van der Waals surface area contributed by atoms with Crippen molar-refractivity contribution in [3.05, 3.63) is 40.7 Å². The van der Waals surface area contributed by atoms with E-state index in [0.717, 1.165) is 10.3 Å². The van der Waals surface area contributed by atoms with Gasteiger partial charge in [-0.3, -0.25) is 0 Å². The second kappa shape index (κ2) is 4.99. The molecule has 1 N–H and O–H groups in total. The van der Waals surface area contributed by atoms with Gasteiger partial charge in [0.25, 0.3) is 0 Å². The first-order valence-electron chi connectivity index (χ1n) is 4.42. The van der Waals surface area contributed by atoms with Crippen molar-refractivity contribution >= 4 is 15.9 Å². The van der Waals surface area contributed by atoms with E-state index in [1.54, 1.807) is 0 Å². The molecular formula is C9H9BrN4O. The van der Waals surface area contributed by atoms with E-state index < -0.39 is 0 Å². The van der Waals surface area contributed by atoms with Crippen molar-refractivity contribution in [3.8, 4) is 0 Å². The Hall–Kier alpha value is -1.27. The van der Waals surface area contributed by atoms with Gasteiger partial charge in [0.2, 0.25) is 6.39 Å². The minimum atomic E-state index is 0.574. The maximum Gasteiger partial charge on any atom is 0.213 e. The van der Waals surface area contributed by atoms with Gasteiger partial charge in [-0.2, -0.15) is 4.98 Å². The van der Waals surface area contributed by atoms with Crippen LogP contribution in [0.25, 0.3) is 0 Å². The van der Waals surface area contributed by atoms with Gasteiger partial charge in [-0.1, -0.05) is 11.2 Å². The standard InChI is InChI=1S/C9H9BrN4O/c10-8-3-1-2-7(13-8)4-11-5-9-12-6-15-14-9/h1-3,6,11H,4-5H2. The van der Waals surface area contributed by atoms with Crippen molar-refractivity contribution in [3.63, 3.8) is 0 Å². The van der Waals surface area contributed by atoms with Crippen molar-refractivity contribution in [1.29, 1.82) is 0 Å². The molecule has 0 aliphatic rings. The minimum Gasteiger partial charge on any atom is -0.343 e. The number of nitrogens with one attached hydrogen (secondary N) is 1. The number of aromatic nitrogens is 3. The van der Waals surface area contributed by atoms with Crippen LogP contribution >= 0.6 is 15.9 Å². The lowest BCUT2D eigenvalue weighted by molar-refractivity contribution is 0.407. The smallest absolute Gasteiger partial charge is 0.213 e. The maximum atomic E-state index is 4.61. The second-order valence-corrected chi connectivity index (χ2v) is 3.72. The molecule has 0 saturated heterocycles. The van der Waals surface area contributed by atoms with Gasteiger partial charge >= 0.3 is 0 Å². The minimum absolute atomic E-state index is 0.574. The number of hydrogen-bond donors (Lipinski definition) is 1. The first-order valence-corrected chi connectivity index (χ1v) is 5.21. The van der Waals surface area contributed by atoms with Crippen LogP contribution in [-0.2, 0) is 13.1 Å². The van der Waals surface area contributed by atoms with Gasteiger partial charge in [0.05, 0.1) is 12.2 Å². The van der Waals surface area contributed by atoms with Crippen molar-refractivity contribution in [2.75, 3.05) is 0 Å². The van der Waals surface area contributed by atoms with Crippen molar-refractivity contribution in [1.82, 2.24) is 20.4 Å². The average molecular weight is 269 g/mol. The van der Waals surface area contributed by atoms with Crippen LogP contribution in [0.5, 0.6) is 0 Å². The first-order chi connectivity index (χ1) is 7.34. The van der Waals surface area contributed by atoms with Crippen LogP contribution in [0.2, 0.25) is 0 Å². The van der Waals surface area contributed by atoms with E-state index in [-0.39, 0.29) is 0 Å². The lowest BCUT2D eigenvalue weighted by Crippen LogP contribution is -2.14. The van der Waals surface area contributed by atoms with Crippen LogP contribution in [0.15, 0.2) is 33.7 Å². The summed E-state index contributed by atoms with van der Waals surface area (Å²) in [4.78, 5) is 8.18. The predicted octanol–water partition coefficient (Wildman–Crippen LogP) is 1.52. The first kappa shape index (κ1) is 10.3. The average Bonchev–Trinajstić information content (AvgIpc) is 2.71. The van der Waals surface area contributed by atoms with Crippen molar-refractivity contribution in [2.24, 2.45) is 0 Å². The maximum absolute atomic E-state index is 4.61. The summed E-state index contributed by atoms with van der Waals surface area (Å²) in [5.74, 6) is 0.644. The summed E-state index contributed by atoms with van der Waals surface area (Å²) < 4.78 is 5.45. The lowest BCUT2D eigenvalue weighted by Gasteiger charge is -2.01. The molecule has 15 heavy (non-hydrogen) atoms. The van der Waals surface area contributed by atoms with Crippen molar-refractivity contribution < 1.29 is 4.52 Å². The Balaban J connectivity index is 1.83. The molecule has 2 aromatic heterocycles. The van der Waals surface area contributed by atoms with Crippen LogP contribution in [-0.4, -0.2) is 15.1 Å². The largest absolute Gasteiger partial charge is 0.343 e. The van der Waals surface area contributed by atoms with Crippen LogP contribution < -0.4 is 5.32 Å². The van der Waals surface area contributed by atoms with E-state index in [4.69, 9.17) is 0 Å². The molecule has 0 spiro atoms. The highest BCUT2D eigenvalue weighted by molar-refractivity contribution is 9.10. The fraction of sp³-hybridized carbons (Fsp3) is 0.222. The van der Waals surface area contributed by atoms with E-state index in [0.29, 0.717) is 18.9 Å². The molecule has 78 valence electrons. The number of pyridine rings is 1. The van der Waals surface area contributed by atoms with E-state index in [1.807, 2.05) is 18.2 Å². The van der Waals surface area contributed by atoms with Crippen LogP contribution in [0.4, 0.5) is 0 Å². The summed E-state index contributed by atoms with van der Waals surface area (Å²) in [5.41, 5.74) is 0.966. The highest BCUT2D eigenvalue weighted by atomic mass is 79.9. The van der Waals surface area contributed by atoms with Gasteiger partial charge in [0.1, 0.15) is 4.60 Å². The molecule has 0 amide bonds. The van der Waals surface area contributed by atoms with Crippen LogP contribution in [0.1, 0.15) is 11.5 Å². The normalized spacial score (nSPS) is 10.5. The Bertz CT molecular complexity index is 418. The molecule has 2 aromatic rings. The number of nitrogens with zero attached hydrogens (tertiary/aromatic N) is 3. The quantitative estimate of drug-likeness (QED) is 0.852. The summed E-state index contributed by atoms with van der Waals surface area (Å²) in [6.07, 6.45) is 1.31. The molecular weight excluding hydrogens is 260 g/mol. The molecule has 0 aliphatic heterocycles. The molecule has 0 atom stereocenters. The summed E-state index contributed by atoms with van der Waals surface area (Å²) in [6, 6.07) is 5.79. The summed E-state index contributed by atoms with van der Waals surface area (Å²) in [6.45, 7) is 1.25. The van der Waals surface area contributed by atoms with Gasteiger partial charge < -0.3 is 9.84 Å².